The van der Waals surface area contributed by atoms with E-state index in [9.17, 15) is 9.59 Å². The number of aryl methyl sites for hydroxylation is 1. The zero-order valence-electron chi connectivity index (χ0n) is 18.0. The van der Waals surface area contributed by atoms with Crippen LogP contribution in [0.25, 0.3) is 11.2 Å². The fraction of sp³-hybridized carbons (Fsp3) is 0.636. The number of aromatic nitrogens is 3. The third-order valence-electron chi connectivity index (χ3n) is 7.13. The predicted molar refractivity (Wildman–Crippen MR) is 113 cm³/mol. The Kier molecular flexibility index (Phi) is 4.76. The van der Waals surface area contributed by atoms with Crippen LogP contribution in [-0.2, 0) is 11.8 Å². The summed E-state index contributed by atoms with van der Waals surface area (Å²) in [7, 11) is 6.03. The molecule has 8 heteroatoms. The van der Waals surface area contributed by atoms with Crippen molar-refractivity contribution in [2.45, 2.75) is 37.8 Å². The number of likely N-dealkylation sites (N-methyl/N-ethyl adjacent to an activating group) is 1. The average Bonchev–Trinajstić information content (AvgIpc) is 3.10. The van der Waals surface area contributed by atoms with Crippen molar-refractivity contribution in [2.24, 2.45) is 18.9 Å². The molecule has 3 saturated heterocycles. The quantitative estimate of drug-likeness (QED) is 0.764. The zero-order chi connectivity index (χ0) is 21.0. The molecule has 3 aliphatic heterocycles. The van der Waals surface area contributed by atoms with Gasteiger partial charge in [0.1, 0.15) is 5.52 Å². The number of likely N-dealkylation sites (tertiary alicyclic amines) is 1. The van der Waals surface area contributed by atoms with Crippen LogP contribution in [0.4, 0.5) is 0 Å². The van der Waals surface area contributed by atoms with Crippen LogP contribution in [0.15, 0.2) is 18.6 Å². The maximum absolute atomic E-state index is 13.4. The molecule has 0 aliphatic carbocycles. The highest BCUT2D eigenvalue weighted by molar-refractivity contribution is 5.96. The second-order valence-corrected chi connectivity index (χ2v) is 9.48. The Labute approximate surface area is 176 Å². The maximum Gasteiger partial charge on any atom is 0.255 e. The Balaban J connectivity index is 1.43. The number of fused-ring (bicyclic) bond motifs is 5. The standard InChI is InChI=1S/C22H30N6O2/c1-25(2)12-19-16-7-15(18-5-4-6-20(29)28(18)19)10-27(11-16)22(30)14-8-17-21(23-9-14)26(3)13-24-17/h8-9,13,15-16,18-19H,4-7,10-12H2,1-3H3/t15-,16+,18+,19+/m1/s1. The van der Waals surface area contributed by atoms with E-state index >= 15 is 0 Å². The van der Waals surface area contributed by atoms with Gasteiger partial charge in [0.2, 0.25) is 5.91 Å². The molecule has 5 heterocycles. The monoisotopic (exact) mass is 410 g/mol. The minimum atomic E-state index is 0.0314. The molecule has 4 atom stereocenters. The zero-order valence-corrected chi connectivity index (χ0v) is 18.0. The number of amides is 2. The molecule has 0 aromatic carbocycles. The number of pyridine rings is 1. The number of hydrogen-bond acceptors (Lipinski definition) is 5. The largest absolute Gasteiger partial charge is 0.338 e. The second-order valence-electron chi connectivity index (χ2n) is 9.48. The number of rotatable bonds is 3. The Morgan fingerprint density at radius 1 is 1.23 bits per heavy atom. The summed E-state index contributed by atoms with van der Waals surface area (Å²) in [6.07, 6.45) is 7.18. The van der Waals surface area contributed by atoms with Crippen molar-refractivity contribution in [3.05, 3.63) is 24.2 Å². The summed E-state index contributed by atoms with van der Waals surface area (Å²) in [5.41, 5.74) is 2.13. The Bertz CT molecular complexity index is 985. The van der Waals surface area contributed by atoms with Gasteiger partial charge in [0.15, 0.2) is 5.65 Å². The van der Waals surface area contributed by atoms with E-state index in [1.54, 1.807) is 12.5 Å². The van der Waals surface area contributed by atoms with Gasteiger partial charge in [-0.2, -0.15) is 0 Å². The predicted octanol–water partition coefficient (Wildman–Crippen LogP) is 1.37. The SMILES string of the molecule is CN(C)C[C@H]1[C@H]2C[C@H](CN(C(=O)c3cnc4c(c3)ncn4C)C2)[C@@H]2CCCC(=O)N21. The molecule has 0 spiro atoms. The molecule has 160 valence electrons. The van der Waals surface area contributed by atoms with E-state index in [0.717, 1.165) is 43.5 Å². The minimum absolute atomic E-state index is 0.0314. The van der Waals surface area contributed by atoms with Crippen molar-refractivity contribution in [1.82, 2.24) is 29.2 Å². The van der Waals surface area contributed by atoms with Crippen LogP contribution in [0, 0.1) is 11.8 Å². The third kappa shape index (κ3) is 3.17. The summed E-state index contributed by atoms with van der Waals surface area (Å²) in [6, 6.07) is 2.29. The lowest BCUT2D eigenvalue weighted by atomic mass is 9.72. The lowest BCUT2D eigenvalue weighted by molar-refractivity contribution is -0.152. The van der Waals surface area contributed by atoms with Crippen molar-refractivity contribution in [3.8, 4) is 0 Å². The first-order valence-electron chi connectivity index (χ1n) is 10.9. The molecular weight excluding hydrogens is 380 g/mol. The van der Waals surface area contributed by atoms with E-state index in [0.29, 0.717) is 36.3 Å². The maximum atomic E-state index is 13.4. The number of carbonyl (C=O) groups excluding carboxylic acids is 2. The first kappa shape index (κ1) is 19.5. The average molecular weight is 411 g/mol. The highest BCUT2D eigenvalue weighted by Gasteiger charge is 2.50. The van der Waals surface area contributed by atoms with Crippen LogP contribution in [0.3, 0.4) is 0 Å². The van der Waals surface area contributed by atoms with Gasteiger partial charge in [0, 0.05) is 51.4 Å². The van der Waals surface area contributed by atoms with Crippen LogP contribution < -0.4 is 0 Å². The summed E-state index contributed by atoms with van der Waals surface area (Å²) < 4.78 is 1.86. The molecule has 0 radical (unpaired) electrons. The van der Waals surface area contributed by atoms with Crippen molar-refractivity contribution in [3.63, 3.8) is 0 Å². The van der Waals surface area contributed by atoms with E-state index in [1.807, 2.05) is 22.6 Å². The summed E-state index contributed by atoms with van der Waals surface area (Å²) in [4.78, 5) is 41.4. The number of hydrogen-bond donors (Lipinski definition) is 0. The van der Waals surface area contributed by atoms with E-state index in [2.05, 4.69) is 33.9 Å². The van der Waals surface area contributed by atoms with Crippen molar-refractivity contribution in [2.75, 3.05) is 33.7 Å². The Hall–Kier alpha value is -2.48. The van der Waals surface area contributed by atoms with E-state index < -0.39 is 0 Å². The van der Waals surface area contributed by atoms with E-state index in [1.165, 1.54) is 0 Å². The highest BCUT2D eigenvalue weighted by Crippen LogP contribution is 2.42. The van der Waals surface area contributed by atoms with Crippen LogP contribution >= 0.6 is 0 Å². The molecule has 2 amide bonds. The molecule has 3 aliphatic rings. The van der Waals surface area contributed by atoms with Gasteiger partial charge < -0.3 is 19.3 Å². The van der Waals surface area contributed by atoms with Crippen LogP contribution in [0.1, 0.15) is 36.0 Å². The van der Waals surface area contributed by atoms with Crippen LogP contribution in [-0.4, -0.2) is 86.9 Å². The smallest absolute Gasteiger partial charge is 0.255 e. The molecule has 30 heavy (non-hydrogen) atoms. The first-order chi connectivity index (χ1) is 14.4. The van der Waals surface area contributed by atoms with Gasteiger partial charge in [-0.15, -0.1) is 0 Å². The molecule has 2 bridgehead atoms. The fourth-order valence-electron chi connectivity index (χ4n) is 5.87. The van der Waals surface area contributed by atoms with Gasteiger partial charge in [-0.05, 0) is 51.3 Å². The first-order valence-corrected chi connectivity index (χ1v) is 10.9. The van der Waals surface area contributed by atoms with Gasteiger partial charge in [0.25, 0.3) is 5.91 Å². The normalized spacial score (nSPS) is 28.9. The molecule has 3 fully saturated rings. The van der Waals surface area contributed by atoms with Crippen molar-refractivity contribution < 1.29 is 9.59 Å². The highest BCUT2D eigenvalue weighted by atomic mass is 16.2. The third-order valence-corrected chi connectivity index (χ3v) is 7.13. The number of piperidine rings is 3. The van der Waals surface area contributed by atoms with Crippen molar-refractivity contribution >= 4 is 23.0 Å². The summed E-state index contributed by atoms with van der Waals surface area (Å²) in [5, 5.41) is 0. The second kappa shape index (κ2) is 7.34. The van der Waals surface area contributed by atoms with Gasteiger partial charge in [0.05, 0.1) is 11.9 Å². The van der Waals surface area contributed by atoms with Gasteiger partial charge in [-0.1, -0.05) is 0 Å². The summed E-state index contributed by atoms with van der Waals surface area (Å²) >= 11 is 0. The molecule has 8 nitrogen and oxygen atoms in total. The minimum Gasteiger partial charge on any atom is -0.338 e. The molecular formula is C22H30N6O2. The summed E-state index contributed by atoms with van der Waals surface area (Å²) in [5.74, 6) is 1.02. The molecule has 0 N–H and O–H groups in total. The molecule has 2 aromatic heterocycles. The molecule has 2 aromatic rings. The lowest BCUT2D eigenvalue weighted by Gasteiger charge is -2.57. The van der Waals surface area contributed by atoms with Crippen LogP contribution in [0.2, 0.25) is 0 Å². The van der Waals surface area contributed by atoms with E-state index in [-0.39, 0.29) is 18.0 Å². The van der Waals surface area contributed by atoms with Gasteiger partial charge in [-0.25, -0.2) is 9.97 Å². The summed E-state index contributed by atoms with van der Waals surface area (Å²) in [6.45, 7) is 2.27. The lowest BCUT2D eigenvalue weighted by Crippen LogP contribution is -2.67. The number of nitrogens with zero attached hydrogens (tertiary/aromatic N) is 6. The topological polar surface area (TPSA) is 74.6 Å². The van der Waals surface area contributed by atoms with Crippen LogP contribution in [0.5, 0.6) is 0 Å². The molecule has 0 unspecified atom stereocenters. The fourth-order valence-corrected chi connectivity index (χ4v) is 5.87. The molecule has 5 rings (SSSR count). The van der Waals surface area contributed by atoms with E-state index in [4.69, 9.17) is 0 Å². The number of carbonyl (C=O) groups is 2. The van der Waals surface area contributed by atoms with Gasteiger partial charge in [-0.3, -0.25) is 9.59 Å². The Morgan fingerprint density at radius 3 is 2.83 bits per heavy atom. The van der Waals surface area contributed by atoms with Crippen molar-refractivity contribution in [1.29, 1.82) is 0 Å². The molecule has 0 saturated carbocycles. The Morgan fingerprint density at radius 2 is 2.03 bits per heavy atom. The number of imidazole rings is 1. The van der Waals surface area contributed by atoms with Gasteiger partial charge >= 0.3 is 0 Å².